The fourth-order valence-corrected chi connectivity index (χ4v) is 5.51. The van der Waals surface area contributed by atoms with Gasteiger partial charge in [0.2, 0.25) is 15.9 Å². The monoisotopic (exact) mass is 487 g/mol. The number of pyridine rings is 1. The molecule has 1 aliphatic carbocycles. The maximum atomic E-state index is 12.3. The number of hydrogen-bond donors (Lipinski definition) is 2. The number of nitrogens with zero attached hydrogens (tertiary/aromatic N) is 1. The molecule has 1 aromatic heterocycles. The molecule has 2 N–H and O–H groups in total. The van der Waals surface area contributed by atoms with Crippen LogP contribution in [0.15, 0.2) is 12.3 Å². The van der Waals surface area contributed by atoms with E-state index in [9.17, 15) is 13.2 Å². The Hall–Kier alpha value is -1.26. The van der Waals surface area contributed by atoms with E-state index in [0.29, 0.717) is 23.8 Å². The average molecular weight is 488 g/mol. The van der Waals surface area contributed by atoms with E-state index in [1.807, 2.05) is 6.07 Å². The number of carbonyl (C=O) groups is 1. The van der Waals surface area contributed by atoms with Gasteiger partial charge in [0.25, 0.3) is 0 Å². The summed E-state index contributed by atoms with van der Waals surface area (Å²) >= 11 is 6.15. The minimum atomic E-state index is -3.32. The molecule has 2 heterocycles. The highest BCUT2D eigenvalue weighted by molar-refractivity contribution is 7.90. The van der Waals surface area contributed by atoms with E-state index in [4.69, 9.17) is 21.1 Å². The third-order valence-corrected chi connectivity index (χ3v) is 8.36. The minimum Gasteiger partial charge on any atom is -0.470 e. The van der Waals surface area contributed by atoms with Crippen LogP contribution in [-0.4, -0.2) is 62.9 Å². The quantitative estimate of drug-likeness (QED) is 0.488. The van der Waals surface area contributed by atoms with Crippen molar-refractivity contribution in [3.05, 3.63) is 22.8 Å². The van der Waals surface area contributed by atoms with Crippen LogP contribution in [0, 0.1) is 0 Å². The maximum absolute atomic E-state index is 12.3. The molecule has 2 fully saturated rings. The second-order valence-electron chi connectivity index (χ2n) is 8.85. The van der Waals surface area contributed by atoms with E-state index in [1.54, 1.807) is 13.8 Å². The molecule has 1 saturated heterocycles. The highest BCUT2D eigenvalue weighted by Gasteiger charge is 2.32. The molecule has 8 nitrogen and oxygen atoms in total. The molecule has 0 spiro atoms. The first-order valence-corrected chi connectivity index (χ1v) is 13.3. The molecule has 32 heavy (non-hydrogen) atoms. The van der Waals surface area contributed by atoms with Crippen LogP contribution in [-0.2, 0) is 19.6 Å². The Labute approximate surface area is 195 Å². The Morgan fingerprint density at radius 2 is 2.03 bits per heavy atom. The van der Waals surface area contributed by atoms with E-state index in [2.05, 4.69) is 15.0 Å². The predicted molar refractivity (Wildman–Crippen MR) is 124 cm³/mol. The minimum absolute atomic E-state index is 0.0315. The van der Waals surface area contributed by atoms with Crippen LogP contribution >= 0.6 is 11.6 Å². The summed E-state index contributed by atoms with van der Waals surface area (Å²) in [5, 5.41) is 3.51. The summed E-state index contributed by atoms with van der Waals surface area (Å²) in [6.45, 7) is 4.69. The van der Waals surface area contributed by atoms with Crippen molar-refractivity contribution in [1.29, 1.82) is 0 Å². The van der Waals surface area contributed by atoms with Crippen LogP contribution in [0.25, 0.3) is 0 Å². The SMILES string of the molecule is CC(C)S(=O)(=O)N[C@H]1CCCN[C@H]1CO[C@H]1CC[C@@H](c2cc(Cl)cnc2OCC=O)CC1. The van der Waals surface area contributed by atoms with Crippen LogP contribution < -0.4 is 14.8 Å². The molecular formula is C22H34ClN3O5S. The van der Waals surface area contributed by atoms with Crippen molar-refractivity contribution in [3.63, 3.8) is 0 Å². The van der Waals surface area contributed by atoms with Crippen LogP contribution in [0.4, 0.5) is 0 Å². The van der Waals surface area contributed by atoms with Gasteiger partial charge in [0.15, 0.2) is 6.29 Å². The van der Waals surface area contributed by atoms with Crippen molar-refractivity contribution in [2.24, 2.45) is 0 Å². The lowest BCUT2D eigenvalue weighted by molar-refractivity contribution is -0.109. The van der Waals surface area contributed by atoms with Gasteiger partial charge in [-0.1, -0.05) is 11.6 Å². The normalized spacial score (nSPS) is 26.8. The smallest absolute Gasteiger partial charge is 0.217 e. The lowest BCUT2D eigenvalue weighted by Gasteiger charge is -2.35. The molecule has 0 aromatic carbocycles. The summed E-state index contributed by atoms with van der Waals surface area (Å²) in [6.07, 6.45) is 7.71. The first-order valence-electron chi connectivity index (χ1n) is 11.4. The van der Waals surface area contributed by atoms with Crippen molar-refractivity contribution in [1.82, 2.24) is 15.0 Å². The van der Waals surface area contributed by atoms with Crippen molar-refractivity contribution in [2.45, 2.75) is 81.7 Å². The summed E-state index contributed by atoms with van der Waals surface area (Å²) in [5.41, 5.74) is 0.940. The molecule has 0 unspecified atom stereocenters. The highest BCUT2D eigenvalue weighted by Crippen LogP contribution is 2.38. The van der Waals surface area contributed by atoms with Gasteiger partial charge in [-0.05, 0) is 70.9 Å². The first kappa shape index (κ1) is 25.4. The Kier molecular flexibility index (Phi) is 9.31. The maximum Gasteiger partial charge on any atom is 0.217 e. The Bertz CT molecular complexity index is 859. The van der Waals surface area contributed by atoms with E-state index >= 15 is 0 Å². The fourth-order valence-electron chi connectivity index (χ4n) is 4.36. The lowest BCUT2D eigenvalue weighted by Crippen LogP contribution is -2.56. The van der Waals surface area contributed by atoms with Crippen molar-refractivity contribution in [3.8, 4) is 5.88 Å². The van der Waals surface area contributed by atoms with E-state index in [-0.39, 0.29) is 30.7 Å². The van der Waals surface area contributed by atoms with Crippen molar-refractivity contribution >= 4 is 27.9 Å². The third-order valence-electron chi connectivity index (χ3n) is 6.28. The number of sulfonamides is 1. The molecule has 2 atom stereocenters. The van der Waals surface area contributed by atoms with Gasteiger partial charge in [0.05, 0.1) is 23.0 Å². The van der Waals surface area contributed by atoms with Gasteiger partial charge in [-0.3, -0.25) is 4.79 Å². The number of piperidine rings is 1. The van der Waals surface area contributed by atoms with Gasteiger partial charge >= 0.3 is 0 Å². The Balaban J connectivity index is 1.53. The number of aldehydes is 1. The van der Waals surface area contributed by atoms with Crippen molar-refractivity contribution < 1.29 is 22.7 Å². The number of aromatic nitrogens is 1. The van der Waals surface area contributed by atoms with Gasteiger partial charge in [0.1, 0.15) is 6.61 Å². The lowest BCUT2D eigenvalue weighted by atomic mass is 9.83. The van der Waals surface area contributed by atoms with E-state index in [1.165, 1.54) is 6.20 Å². The molecule has 1 aliphatic heterocycles. The molecule has 1 saturated carbocycles. The predicted octanol–water partition coefficient (Wildman–Crippen LogP) is 2.80. The molecule has 1 aromatic rings. The van der Waals surface area contributed by atoms with Gasteiger partial charge in [-0.15, -0.1) is 0 Å². The number of nitrogens with one attached hydrogen (secondary N) is 2. The largest absolute Gasteiger partial charge is 0.470 e. The molecule has 0 amide bonds. The van der Waals surface area contributed by atoms with Gasteiger partial charge in [-0.2, -0.15) is 0 Å². The number of rotatable bonds is 10. The fraction of sp³-hybridized carbons (Fsp3) is 0.727. The zero-order chi connectivity index (χ0) is 23.1. The summed E-state index contributed by atoms with van der Waals surface area (Å²) in [7, 11) is -3.32. The topological polar surface area (TPSA) is 107 Å². The Morgan fingerprint density at radius 3 is 2.72 bits per heavy atom. The summed E-state index contributed by atoms with van der Waals surface area (Å²) in [5.74, 6) is 0.721. The highest BCUT2D eigenvalue weighted by atomic mass is 35.5. The molecule has 0 radical (unpaired) electrons. The number of hydrogen-bond acceptors (Lipinski definition) is 7. The zero-order valence-electron chi connectivity index (χ0n) is 18.8. The van der Waals surface area contributed by atoms with Crippen LogP contribution in [0.2, 0.25) is 5.02 Å². The van der Waals surface area contributed by atoms with Gasteiger partial charge < -0.3 is 14.8 Å². The summed E-state index contributed by atoms with van der Waals surface area (Å²) < 4.78 is 39.2. The van der Waals surface area contributed by atoms with E-state index < -0.39 is 15.3 Å². The molecule has 180 valence electrons. The molecular weight excluding hydrogens is 454 g/mol. The van der Waals surface area contributed by atoms with Crippen molar-refractivity contribution in [2.75, 3.05) is 19.8 Å². The number of ether oxygens (including phenoxy) is 2. The van der Waals surface area contributed by atoms with Crippen LogP contribution in [0.1, 0.15) is 63.9 Å². The standard InChI is InChI=1S/C22H34ClN3O5S/c1-15(2)32(28,29)26-20-4-3-9-24-21(20)14-31-18-7-5-16(6-8-18)19-12-17(23)13-25-22(19)30-11-10-27/h10,12-13,15-16,18,20-21,24,26H,3-9,11,14H2,1-2H3/t16-,18+,20-,21-/m0/s1. The van der Waals surface area contributed by atoms with Crippen LogP contribution in [0.5, 0.6) is 5.88 Å². The molecule has 3 rings (SSSR count). The van der Waals surface area contributed by atoms with Gasteiger partial charge in [0, 0.05) is 23.8 Å². The molecule has 2 aliphatic rings. The summed E-state index contributed by atoms with van der Waals surface area (Å²) in [4.78, 5) is 14.9. The average Bonchev–Trinajstić information content (AvgIpc) is 2.77. The molecule has 0 bridgehead atoms. The molecule has 10 heteroatoms. The van der Waals surface area contributed by atoms with Crippen LogP contribution in [0.3, 0.4) is 0 Å². The van der Waals surface area contributed by atoms with Gasteiger partial charge in [-0.25, -0.2) is 18.1 Å². The number of halogens is 1. The number of carbonyl (C=O) groups excluding carboxylic acids is 1. The second kappa shape index (κ2) is 11.7. The summed E-state index contributed by atoms with van der Waals surface area (Å²) in [6, 6.07) is 1.69. The Morgan fingerprint density at radius 1 is 1.28 bits per heavy atom. The second-order valence-corrected chi connectivity index (χ2v) is 11.6. The van der Waals surface area contributed by atoms with E-state index in [0.717, 1.165) is 50.6 Å². The first-order chi connectivity index (χ1) is 15.3. The zero-order valence-corrected chi connectivity index (χ0v) is 20.3. The third kappa shape index (κ3) is 6.87.